The van der Waals surface area contributed by atoms with Gasteiger partial charge in [0, 0.05) is 31.6 Å². The molecule has 1 aromatic carbocycles. The van der Waals surface area contributed by atoms with E-state index in [1.807, 2.05) is 47.0 Å². The molecule has 0 saturated heterocycles. The fourth-order valence-corrected chi connectivity index (χ4v) is 2.43. The van der Waals surface area contributed by atoms with E-state index in [1.165, 1.54) is 0 Å². The van der Waals surface area contributed by atoms with E-state index >= 15 is 0 Å². The number of aromatic nitrogens is 1. The maximum Gasteiger partial charge on any atom is 0.255 e. The molecule has 0 amide bonds. The Morgan fingerprint density at radius 2 is 1.90 bits per heavy atom. The third-order valence-electron chi connectivity index (χ3n) is 3.22. The molecule has 0 spiro atoms. The Balaban J connectivity index is 2.45. The molecule has 0 saturated carbocycles. The highest BCUT2D eigenvalue weighted by Gasteiger charge is 2.09. The van der Waals surface area contributed by atoms with Crippen molar-refractivity contribution in [2.75, 3.05) is 13.7 Å². The van der Waals surface area contributed by atoms with Crippen LogP contribution >= 0.6 is 12.6 Å². The number of pyridine rings is 1. The van der Waals surface area contributed by atoms with Crippen LogP contribution in [0.3, 0.4) is 0 Å². The van der Waals surface area contributed by atoms with Crippen LogP contribution in [0.15, 0.2) is 47.3 Å². The summed E-state index contributed by atoms with van der Waals surface area (Å²) >= 11 is 4.22. The molecule has 106 valence electrons. The van der Waals surface area contributed by atoms with Gasteiger partial charge in [0.25, 0.3) is 5.56 Å². The Morgan fingerprint density at radius 1 is 1.15 bits per heavy atom. The van der Waals surface area contributed by atoms with Crippen LogP contribution in [0.4, 0.5) is 0 Å². The maximum atomic E-state index is 12.5. The lowest BCUT2D eigenvalue weighted by Crippen LogP contribution is -2.25. The molecule has 2 aromatic rings. The lowest BCUT2D eigenvalue weighted by atomic mass is 10.1. The summed E-state index contributed by atoms with van der Waals surface area (Å²) in [4.78, 5) is 12.5. The molecular formula is C16H19NO2S. The zero-order valence-corrected chi connectivity index (χ0v) is 12.5. The molecule has 1 heterocycles. The fourth-order valence-electron chi connectivity index (χ4n) is 2.19. The Kier molecular flexibility index (Phi) is 5.44. The number of hydrogen-bond donors (Lipinski definition) is 1. The summed E-state index contributed by atoms with van der Waals surface area (Å²) in [5.74, 6) is 0.457. The van der Waals surface area contributed by atoms with Gasteiger partial charge in [-0.15, -0.1) is 0 Å². The molecule has 0 aliphatic carbocycles. The van der Waals surface area contributed by atoms with E-state index in [-0.39, 0.29) is 5.56 Å². The maximum absolute atomic E-state index is 12.5. The number of benzene rings is 1. The molecule has 1 aromatic heterocycles. The van der Waals surface area contributed by atoms with Crippen LogP contribution in [-0.2, 0) is 17.0 Å². The SMILES string of the molecule is COCCCn1c(-c2ccccc2)ccc(CS)c1=O. The highest BCUT2D eigenvalue weighted by molar-refractivity contribution is 7.79. The second-order valence-corrected chi connectivity index (χ2v) is 4.89. The topological polar surface area (TPSA) is 31.2 Å². The molecule has 3 nitrogen and oxygen atoms in total. The van der Waals surface area contributed by atoms with E-state index in [2.05, 4.69) is 12.6 Å². The van der Waals surface area contributed by atoms with Crippen molar-refractivity contribution in [3.63, 3.8) is 0 Å². The van der Waals surface area contributed by atoms with Crippen LogP contribution in [-0.4, -0.2) is 18.3 Å². The van der Waals surface area contributed by atoms with Crippen molar-refractivity contribution in [1.82, 2.24) is 4.57 Å². The zero-order chi connectivity index (χ0) is 14.4. The van der Waals surface area contributed by atoms with Crippen molar-refractivity contribution in [2.24, 2.45) is 0 Å². The third-order valence-corrected chi connectivity index (χ3v) is 3.56. The first-order valence-electron chi connectivity index (χ1n) is 6.66. The Labute approximate surface area is 124 Å². The van der Waals surface area contributed by atoms with E-state index in [1.54, 1.807) is 7.11 Å². The van der Waals surface area contributed by atoms with Gasteiger partial charge in [0.1, 0.15) is 0 Å². The highest BCUT2D eigenvalue weighted by atomic mass is 32.1. The predicted octanol–water partition coefficient (Wildman–Crippen LogP) is 2.98. The average Bonchev–Trinajstić information content (AvgIpc) is 2.50. The zero-order valence-electron chi connectivity index (χ0n) is 11.6. The fraction of sp³-hybridized carbons (Fsp3) is 0.312. The van der Waals surface area contributed by atoms with Crippen molar-refractivity contribution >= 4 is 12.6 Å². The van der Waals surface area contributed by atoms with Crippen molar-refractivity contribution in [1.29, 1.82) is 0 Å². The standard InChI is InChI=1S/C16H19NO2S/c1-19-11-5-10-17-15(13-6-3-2-4-7-13)9-8-14(12-20)16(17)18/h2-4,6-9,20H,5,10-12H2,1H3. The first-order chi connectivity index (χ1) is 9.77. The molecule has 0 aliphatic heterocycles. The summed E-state index contributed by atoms with van der Waals surface area (Å²) in [6.45, 7) is 1.30. The number of methoxy groups -OCH3 is 1. The summed E-state index contributed by atoms with van der Waals surface area (Å²) in [7, 11) is 1.67. The molecular weight excluding hydrogens is 270 g/mol. The normalized spacial score (nSPS) is 10.7. The second kappa shape index (κ2) is 7.31. The minimum absolute atomic E-state index is 0.0393. The van der Waals surface area contributed by atoms with Crippen LogP contribution in [0.2, 0.25) is 0 Å². The summed E-state index contributed by atoms with van der Waals surface area (Å²) < 4.78 is 6.89. The second-order valence-electron chi connectivity index (χ2n) is 4.57. The van der Waals surface area contributed by atoms with E-state index in [0.717, 1.165) is 23.2 Å². The predicted molar refractivity (Wildman–Crippen MR) is 85.3 cm³/mol. The highest BCUT2D eigenvalue weighted by Crippen LogP contribution is 2.18. The number of thiol groups is 1. The van der Waals surface area contributed by atoms with Gasteiger partial charge in [-0.3, -0.25) is 4.79 Å². The van der Waals surface area contributed by atoms with Gasteiger partial charge in [0.15, 0.2) is 0 Å². The lowest BCUT2D eigenvalue weighted by Gasteiger charge is -2.14. The van der Waals surface area contributed by atoms with Gasteiger partial charge in [-0.2, -0.15) is 12.6 Å². The Bertz CT molecular complexity index is 608. The van der Waals surface area contributed by atoms with Crippen LogP contribution < -0.4 is 5.56 Å². The van der Waals surface area contributed by atoms with Crippen LogP contribution in [0, 0.1) is 0 Å². The number of hydrogen-bond acceptors (Lipinski definition) is 3. The number of rotatable bonds is 6. The quantitative estimate of drug-likeness (QED) is 0.655. The lowest BCUT2D eigenvalue weighted by molar-refractivity contribution is 0.190. The van der Waals surface area contributed by atoms with Gasteiger partial charge < -0.3 is 9.30 Å². The monoisotopic (exact) mass is 289 g/mol. The van der Waals surface area contributed by atoms with Gasteiger partial charge >= 0.3 is 0 Å². The summed E-state index contributed by atoms with van der Waals surface area (Å²) in [6.07, 6.45) is 0.812. The molecule has 0 fully saturated rings. The van der Waals surface area contributed by atoms with E-state index in [0.29, 0.717) is 18.9 Å². The molecule has 0 bridgehead atoms. The van der Waals surface area contributed by atoms with Gasteiger partial charge in [-0.1, -0.05) is 36.4 Å². The summed E-state index contributed by atoms with van der Waals surface area (Å²) in [5, 5.41) is 0. The molecule has 2 rings (SSSR count). The molecule has 0 N–H and O–H groups in total. The van der Waals surface area contributed by atoms with Crippen molar-refractivity contribution in [2.45, 2.75) is 18.7 Å². The molecule has 0 atom stereocenters. The summed E-state index contributed by atoms with van der Waals surface area (Å²) in [5.41, 5.74) is 2.76. The van der Waals surface area contributed by atoms with Gasteiger partial charge in [0.05, 0.1) is 5.69 Å². The first-order valence-corrected chi connectivity index (χ1v) is 7.29. The third kappa shape index (κ3) is 3.32. The molecule has 0 radical (unpaired) electrons. The van der Waals surface area contributed by atoms with Gasteiger partial charge in [0.2, 0.25) is 0 Å². The van der Waals surface area contributed by atoms with Gasteiger partial charge in [-0.05, 0) is 18.1 Å². The van der Waals surface area contributed by atoms with Crippen LogP contribution in [0.5, 0.6) is 0 Å². The van der Waals surface area contributed by atoms with E-state index < -0.39 is 0 Å². The van der Waals surface area contributed by atoms with E-state index in [4.69, 9.17) is 4.74 Å². The number of ether oxygens (including phenoxy) is 1. The molecule has 20 heavy (non-hydrogen) atoms. The van der Waals surface area contributed by atoms with Crippen LogP contribution in [0.1, 0.15) is 12.0 Å². The largest absolute Gasteiger partial charge is 0.385 e. The average molecular weight is 289 g/mol. The smallest absolute Gasteiger partial charge is 0.255 e. The van der Waals surface area contributed by atoms with Crippen LogP contribution in [0.25, 0.3) is 11.3 Å². The van der Waals surface area contributed by atoms with Crippen molar-refractivity contribution in [3.8, 4) is 11.3 Å². The van der Waals surface area contributed by atoms with Crippen molar-refractivity contribution < 1.29 is 4.74 Å². The van der Waals surface area contributed by atoms with Gasteiger partial charge in [-0.25, -0.2) is 0 Å². The minimum Gasteiger partial charge on any atom is -0.385 e. The summed E-state index contributed by atoms with van der Waals surface area (Å²) in [6, 6.07) is 13.8. The molecule has 4 heteroatoms. The van der Waals surface area contributed by atoms with Crippen molar-refractivity contribution in [3.05, 3.63) is 58.4 Å². The van der Waals surface area contributed by atoms with E-state index in [9.17, 15) is 4.79 Å². The Hall–Kier alpha value is -1.52. The molecule has 0 unspecified atom stereocenters. The Morgan fingerprint density at radius 3 is 2.55 bits per heavy atom. The minimum atomic E-state index is 0.0393. The first kappa shape index (κ1) is 14.9. The number of nitrogens with zero attached hydrogens (tertiary/aromatic N) is 1. The molecule has 0 aliphatic rings.